The van der Waals surface area contributed by atoms with Gasteiger partial charge in [0.25, 0.3) is 5.91 Å². The van der Waals surface area contributed by atoms with Crippen LogP contribution >= 0.6 is 0 Å². The number of carbonyl (C=O) groups excluding carboxylic acids is 1. The number of carbonyl (C=O) groups is 1. The summed E-state index contributed by atoms with van der Waals surface area (Å²) >= 11 is 0. The van der Waals surface area contributed by atoms with E-state index in [0.717, 1.165) is 11.1 Å². The van der Waals surface area contributed by atoms with E-state index in [9.17, 15) is 13.2 Å². The molecule has 9 nitrogen and oxygen atoms in total. The Hall–Kier alpha value is -3.08. The molecular weight excluding hydrogens is 432 g/mol. The highest BCUT2D eigenvalue weighted by atomic mass is 32.2. The lowest BCUT2D eigenvalue weighted by molar-refractivity contribution is 0.0730. The minimum absolute atomic E-state index is 0.0315. The van der Waals surface area contributed by atoms with Gasteiger partial charge < -0.3 is 14.5 Å². The summed E-state index contributed by atoms with van der Waals surface area (Å²) in [5, 5.41) is 10.8. The minimum Gasteiger partial charge on any atom is -0.416 e. The predicted molar refractivity (Wildman–Crippen MR) is 118 cm³/mol. The molecule has 1 aliphatic heterocycles. The van der Waals surface area contributed by atoms with E-state index in [0.29, 0.717) is 49.2 Å². The van der Waals surface area contributed by atoms with Gasteiger partial charge in [-0.1, -0.05) is 17.7 Å². The number of ether oxygens (including phenoxy) is 1. The summed E-state index contributed by atoms with van der Waals surface area (Å²) in [5.74, 6) is 0.275. The van der Waals surface area contributed by atoms with Crippen LogP contribution in [0.25, 0.3) is 22.9 Å². The van der Waals surface area contributed by atoms with Crippen molar-refractivity contribution in [1.29, 1.82) is 0 Å². The average Bonchev–Trinajstić information content (AvgIpc) is 3.30. The van der Waals surface area contributed by atoms with Crippen LogP contribution in [0.3, 0.4) is 0 Å². The van der Waals surface area contributed by atoms with Gasteiger partial charge in [0, 0.05) is 36.3 Å². The second kappa shape index (κ2) is 9.60. The number of nitrogens with zero attached hydrogens (tertiary/aromatic N) is 3. The largest absolute Gasteiger partial charge is 0.416 e. The number of morpholine rings is 1. The Morgan fingerprint density at radius 3 is 2.41 bits per heavy atom. The van der Waals surface area contributed by atoms with Crippen molar-refractivity contribution < 1.29 is 22.4 Å². The number of nitrogens with one attached hydrogen (secondary N) is 1. The first kappa shape index (κ1) is 22.1. The Balaban J connectivity index is 1.35. The number of rotatable bonds is 7. The number of amides is 1. The Kier molecular flexibility index (Phi) is 6.63. The number of hydrogen-bond donors (Lipinski definition) is 1. The van der Waals surface area contributed by atoms with Gasteiger partial charge >= 0.3 is 0 Å². The van der Waals surface area contributed by atoms with Gasteiger partial charge in [-0.15, -0.1) is 10.2 Å². The van der Waals surface area contributed by atoms with E-state index in [1.807, 2.05) is 31.2 Å². The summed E-state index contributed by atoms with van der Waals surface area (Å²) in [6.45, 7) is 3.50. The molecule has 4 rings (SSSR count). The van der Waals surface area contributed by atoms with E-state index in [4.69, 9.17) is 9.15 Å². The van der Waals surface area contributed by atoms with Crippen LogP contribution in [0.1, 0.15) is 15.9 Å². The van der Waals surface area contributed by atoms with Crippen molar-refractivity contribution in [2.75, 3.05) is 38.6 Å². The SMILES string of the molecule is Cc1cccc(-c2nnc(-c3ccc(C(=O)NCCS(=O)(=O)N4CCOCC4)cc3)o2)c1. The molecule has 32 heavy (non-hydrogen) atoms. The molecule has 0 atom stereocenters. The van der Waals surface area contributed by atoms with E-state index in [1.165, 1.54) is 4.31 Å². The van der Waals surface area contributed by atoms with Gasteiger partial charge in [-0.2, -0.15) is 4.31 Å². The van der Waals surface area contributed by atoms with Gasteiger partial charge in [0.15, 0.2) is 0 Å². The van der Waals surface area contributed by atoms with E-state index in [-0.39, 0.29) is 18.2 Å². The second-order valence-corrected chi connectivity index (χ2v) is 9.53. The second-order valence-electron chi connectivity index (χ2n) is 7.44. The topological polar surface area (TPSA) is 115 Å². The first-order chi connectivity index (χ1) is 15.4. The monoisotopic (exact) mass is 456 g/mol. The van der Waals surface area contributed by atoms with Crippen LogP contribution < -0.4 is 5.32 Å². The lowest BCUT2D eigenvalue weighted by Crippen LogP contribution is -2.43. The molecule has 3 aromatic rings. The van der Waals surface area contributed by atoms with Gasteiger partial charge in [0.1, 0.15) is 0 Å². The molecule has 0 radical (unpaired) electrons. The average molecular weight is 457 g/mol. The molecule has 1 amide bonds. The molecule has 0 spiro atoms. The molecule has 0 saturated carbocycles. The number of sulfonamides is 1. The van der Waals surface area contributed by atoms with Crippen molar-refractivity contribution in [2.45, 2.75) is 6.92 Å². The summed E-state index contributed by atoms with van der Waals surface area (Å²) in [6.07, 6.45) is 0. The van der Waals surface area contributed by atoms with E-state index >= 15 is 0 Å². The third kappa shape index (κ3) is 5.21. The van der Waals surface area contributed by atoms with E-state index in [1.54, 1.807) is 24.3 Å². The van der Waals surface area contributed by atoms with Crippen molar-refractivity contribution in [1.82, 2.24) is 19.8 Å². The number of benzene rings is 2. The van der Waals surface area contributed by atoms with Crippen LogP contribution in [0.2, 0.25) is 0 Å². The zero-order valence-corrected chi connectivity index (χ0v) is 18.5. The summed E-state index contributed by atoms with van der Waals surface area (Å²) < 4.78 is 37.0. The Labute approximate surface area is 186 Å². The maximum Gasteiger partial charge on any atom is 0.251 e. The van der Waals surface area contributed by atoms with Crippen LogP contribution in [0.5, 0.6) is 0 Å². The third-order valence-corrected chi connectivity index (χ3v) is 6.97. The van der Waals surface area contributed by atoms with Gasteiger partial charge in [0.05, 0.1) is 19.0 Å². The van der Waals surface area contributed by atoms with Crippen molar-refractivity contribution in [3.05, 3.63) is 59.7 Å². The molecule has 1 fully saturated rings. The lowest BCUT2D eigenvalue weighted by Gasteiger charge is -2.26. The molecule has 10 heteroatoms. The minimum atomic E-state index is -3.42. The Bertz CT molecular complexity index is 1190. The zero-order valence-electron chi connectivity index (χ0n) is 17.7. The summed E-state index contributed by atoms with van der Waals surface area (Å²) in [4.78, 5) is 12.4. The molecule has 0 unspecified atom stereocenters. The molecule has 2 heterocycles. The smallest absolute Gasteiger partial charge is 0.251 e. The third-order valence-electron chi connectivity index (χ3n) is 5.09. The molecule has 0 aliphatic carbocycles. The first-order valence-electron chi connectivity index (χ1n) is 10.3. The van der Waals surface area contributed by atoms with Crippen LogP contribution in [0, 0.1) is 6.92 Å². The van der Waals surface area contributed by atoms with Crippen LogP contribution in [-0.2, 0) is 14.8 Å². The fraction of sp³-hybridized carbons (Fsp3) is 0.318. The molecule has 1 aromatic heterocycles. The highest BCUT2D eigenvalue weighted by Crippen LogP contribution is 2.24. The molecule has 0 bridgehead atoms. The van der Waals surface area contributed by atoms with Crippen molar-refractivity contribution in [3.63, 3.8) is 0 Å². The highest BCUT2D eigenvalue weighted by molar-refractivity contribution is 7.89. The van der Waals surface area contributed by atoms with Gasteiger partial charge in [-0.05, 0) is 43.3 Å². The van der Waals surface area contributed by atoms with Crippen molar-refractivity contribution in [3.8, 4) is 22.9 Å². The lowest BCUT2D eigenvalue weighted by atomic mass is 10.1. The van der Waals surface area contributed by atoms with Gasteiger partial charge in [-0.25, -0.2) is 8.42 Å². The van der Waals surface area contributed by atoms with Crippen LogP contribution in [0.15, 0.2) is 52.9 Å². The molecule has 1 aliphatic rings. The van der Waals surface area contributed by atoms with E-state index in [2.05, 4.69) is 15.5 Å². The Morgan fingerprint density at radius 1 is 1.03 bits per heavy atom. The molecule has 2 aromatic carbocycles. The maximum absolute atomic E-state index is 12.4. The van der Waals surface area contributed by atoms with Crippen molar-refractivity contribution >= 4 is 15.9 Å². The number of aromatic nitrogens is 2. The molecule has 1 N–H and O–H groups in total. The normalized spacial score (nSPS) is 14.9. The predicted octanol–water partition coefficient (Wildman–Crippen LogP) is 2.10. The fourth-order valence-electron chi connectivity index (χ4n) is 3.35. The summed E-state index contributed by atoms with van der Waals surface area (Å²) in [5.41, 5.74) is 3.03. The number of hydrogen-bond acceptors (Lipinski definition) is 7. The highest BCUT2D eigenvalue weighted by Gasteiger charge is 2.24. The molecule has 168 valence electrons. The fourth-order valence-corrected chi connectivity index (χ4v) is 4.67. The summed E-state index contributed by atoms with van der Waals surface area (Å²) in [6, 6.07) is 14.5. The van der Waals surface area contributed by atoms with Gasteiger partial charge in [0.2, 0.25) is 21.8 Å². The Morgan fingerprint density at radius 2 is 1.72 bits per heavy atom. The van der Waals surface area contributed by atoms with Gasteiger partial charge in [-0.3, -0.25) is 4.79 Å². The van der Waals surface area contributed by atoms with Crippen molar-refractivity contribution in [2.24, 2.45) is 0 Å². The summed E-state index contributed by atoms with van der Waals surface area (Å²) in [7, 11) is -3.42. The molecule has 1 saturated heterocycles. The van der Waals surface area contributed by atoms with E-state index < -0.39 is 10.0 Å². The maximum atomic E-state index is 12.4. The van der Waals surface area contributed by atoms with Crippen LogP contribution in [0.4, 0.5) is 0 Å². The zero-order chi connectivity index (χ0) is 22.6. The number of aryl methyl sites for hydroxylation is 1. The van der Waals surface area contributed by atoms with Crippen LogP contribution in [-0.4, -0.2) is 67.4 Å². The molecular formula is C22H24N4O5S. The standard InChI is InChI=1S/C22H24N4O5S/c1-16-3-2-4-19(15-16)22-25-24-21(31-22)18-7-5-17(6-8-18)20(27)23-9-14-32(28,29)26-10-12-30-13-11-26/h2-8,15H,9-14H2,1H3,(H,23,27). The quantitative estimate of drug-likeness (QED) is 0.579. The first-order valence-corrected chi connectivity index (χ1v) is 11.9.